The molecule has 5 nitrogen and oxygen atoms in total. The van der Waals surface area contributed by atoms with Gasteiger partial charge in [0.2, 0.25) is 5.91 Å². The average molecular weight is 494 g/mol. The van der Waals surface area contributed by atoms with Crippen LogP contribution in [0, 0.1) is 13.8 Å². The molecule has 2 aromatic heterocycles. The van der Waals surface area contributed by atoms with Gasteiger partial charge in [-0.2, -0.15) is 0 Å². The number of hydrogen-bond donors (Lipinski definition) is 2. The second kappa shape index (κ2) is 10.3. The van der Waals surface area contributed by atoms with Crippen molar-refractivity contribution in [1.82, 2.24) is 4.98 Å². The molecule has 0 fully saturated rings. The normalized spacial score (nSPS) is 11.7. The Hall–Kier alpha value is -2.94. The van der Waals surface area contributed by atoms with Crippen molar-refractivity contribution in [3.8, 4) is 11.3 Å². The van der Waals surface area contributed by atoms with Crippen molar-refractivity contribution in [2.75, 3.05) is 10.6 Å². The molecule has 4 aromatic rings. The van der Waals surface area contributed by atoms with Gasteiger partial charge in [-0.25, -0.2) is 4.98 Å². The first-order chi connectivity index (χ1) is 15.9. The maximum atomic E-state index is 12.8. The van der Waals surface area contributed by atoms with Gasteiger partial charge in [0, 0.05) is 21.0 Å². The van der Waals surface area contributed by atoms with Crippen LogP contribution in [0.15, 0.2) is 70.9 Å². The lowest BCUT2D eigenvalue weighted by atomic mass is 10.1. The van der Waals surface area contributed by atoms with Gasteiger partial charge in [-0.3, -0.25) is 9.59 Å². The van der Waals surface area contributed by atoms with Gasteiger partial charge in [-0.05, 0) is 50.4 Å². The summed E-state index contributed by atoms with van der Waals surface area (Å²) >= 11 is 4.31. The SMILES string of the molecule is Cc1ccc(-c2nc(NC(=O)C(C)Sc3cccc(NC(=O)c4cccs4)c3)sc2C)cc1. The summed E-state index contributed by atoms with van der Waals surface area (Å²) in [5, 5.41) is 7.99. The topological polar surface area (TPSA) is 71.1 Å². The van der Waals surface area contributed by atoms with Gasteiger partial charge >= 0.3 is 0 Å². The highest BCUT2D eigenvalue weighted by Crippen LogP contribution is 2.32. The number of thiazole rings is 1. The Morgan fingerprint density at radius 1 is 1.00 bits per heavy atom. The maximum Gasteiger partial charge on any atom is 0.265 e. The predicted octanol–water partition coefficient (Wildman–Crippen LogP) is 6.86. The standard InChI is InChI=1S/C25H23N3O2S3/c1-15-9-11-18(12-10-15)22-16(2)33-25(27-22)28-23(29)17(3)32-20-7-4-6-19(14-20)26-24(30)21-8-5-13-31-21/h4-14,17H,1-3H3,(H,26,30)(H,27,28,29). The number of rotatable bonds is 7. The Labute approximate surface area is 205 Å². The van der Waals surface area contributed by atoms with Gasteiger partial charge in [0.05, 0.1) is 15.8 Å². The molecule has 2 aromatic carbocycles. The van der Waals surface area contributed by atoms with Crippen LogP contribution in [0.2, 0.25) is 0 Å². The fourth-order valence-corrected chi connectivity index (χ4v) is 5.53. The number of nitrogens with zero attached hydrogens (tertiary/aromatic N) is 1. The fourth-order valence-electron chi connectivity index (χ4n) is 3.14. The Kier molecular flexibility index (Phi) is 7.27. The van der Waals surface area contributed by atoms with Crippen molar-refractivity contribution >= 4 is 57.1 Å². The van der Waals surface area contributed by atoms with Crippen molar-refractivity contribution in [3.05, 3.63) is 81.4 Å². The second-order valence-corrected chi connectivity index (χ2v) is 11.1. The Balaban J connectivity index is 1.38. The molecule has 0 radical (unpaired) electrons. The van der Waals surface area contributed by atoms with Gasteiger partial charge in [0.15, 0.2) is 5.13 Å². The first-order valence-corrected chi connectivity index (χ1v) is 12.9. The van der Waals surface area contributed by atoms with Crippen molar-refractivity contribution < 1.29 is 9.59 Å². The first-order valence-electron chi connectivity index (χ1n) is 10.4. The summed E-state index contributed by atoms with van der Waals surface area (Å²) in [4.78, 5) is 32.4. The third kappa shape index (κ3) is 5.90. The molecule has 33 heavy (non-hydrogen) atoms. The van der Waals surface area contributed by atoms with Crippen LogP contribution in [-0.2, 0) is 4.79 Å². The number of aromatic nitrogens is 1. The number of aryl methyl sites for hydroxylation is 2. The minimum Gasteiger partial charge on any atom is -0.321 e. The number of nitrogens with one attached hydrogen (secondary N) is 2. The van der Waals surface area contributed by atoms with Crippen LogP contribution in [0.3, 0.4) is 0 Å². The van der Waals surface area contributed by atoms with E-state index in [-0.39, 0.29) is 17.1 Å². The third-order valence-corrected chi connectivity index (χ3v) is 7.72. The van der Waals surface area contributed by atoms with E-state index in [1.807, 2.05) is 61.7 Å². The van der Waals surface area contributed by atoms with E-state index >= 15 is 0 Å². The molecule has 0 aliphatic rings. The van der Waals surface area contributed by atoms with E-state index in [9.17, 15) is 9.59 Å². The van der Waals surface area contributed by atoms with Crippen molar-refractivity contribution in [1.29, 1.82) is 0 Å². The van der Waals surface area contributed by atoms with Crippen LogP contribution >= 0.6 is 34.4 Å². The predicted molar refractivity (Wildman–Crippen MR) is 140 cm³/mol. The number of thioether (sulfide) groups is 1. The Morgan fingerprint density at radius 2 is 1.79 bits per heavy atom. The second-order valence-electron chi connectivity index (χ2n) is 7.50. The van der Waals surface area contributed by atoms with Crippen molar-refractivity contribution in [2.45, 2.75) is 30.9 Å². The summed E-state index contributed by atoms with van der Waals surface area (Å²) in [5.74, 6) is -0.251. The first kappa shape index (κ1) is 23.2. The van der Waals surface area contributed by atoms with Gasteiger partial charge < -0.3 is 10.6 Å². The number of anilines is 2. The van der Waals surface area contributed by atoms with Crippen LogP contribution in [-0.4, -0.2) is 22.0 Å². The fraction of sp³-hybridized carbons (Fsp3) is 0.160. The van der Waals surface area contributed by atoms with E-state index < -0.39 is 0 Å². The highest BCUT2D eigenvalue weighted by atomic mass is 32.2. The molecule has 1 unspecified atom stereocenters. The van der Waals surface area contributed by atoms with Gasteiger partial charge in [0.25, 0.3) is 5.91 Å². The smallest absolute Gasteiger partial charge is 0.265 e. The summed E-state index contributed by atoms with van der Waals surface area (Å²) in [7, 11) is 0. The number of thiophene rings is 1. The highest BCUT2D eigenvalue weighted by Gasteiger charge is 2.18. The molecule has 0 saturated carbocycles. The van der Waals surface area contributed by atoms with Crippen LogP contribution < -0.4 is 10.6 Å². The van der Waals surface area contributed by atoms with E-state index in [2.05, 4.69) is 34.7 Å². The molecule has 0 saturated heterocycles. The molecular weight excluding hydrogens is 470 g/mol. The lowest BCUT2D eigenvalue weighted by Crippen LogP contribution is -2.22. The summed E-state index contributed by atoms with van der Waals surface area (Å²) < 4.78 is 0. The van der Waals surface area contributed by atoms with E-state index in [1.54, 1.807) is 6.07 Å². The molecule has 2 amide bonds. The molecule has 0 aliphatic carbocycles. The van der Waals surface area contributed by atoms with E-state index in [4.69, 9.17) is 0 Å². The summed E-state index contributed by atoms with van der Waals surface area (Å²) in [6.45, 7) is 5.92. The minimum absolute atomic E-state index is 0.114. The molecule has 4 rings (SSSR count). The molecule has 8 heteroatoms. The largest absolute Gasteiger partial charge is 0.321 e. The monoisotopic (exact) mass is 493 g/mol. The summed E-state index contributed by atoms with van der Waals surface area (Å²) in [6.07, 6.45) is 0. The van der Waals surface area contributed by atoms with Gasteiger partial charge in [0.1, 0.15) is 0 Å². The number of carbonyl (C=O) groups excluding carboxylic acids is 2. The molecule has 0 bridgehead atoms. The van der Waals surface area contributed by atoms with Crippen LogP contribution in [0.1, 0.15) is 27.0 Å². The van der Waals surface area contributed by atoms with E-state index in [0.717, 1.165) is 21.0 Å². The van der Waals surface area contributed by atoms with Gasteiger partial charge in [-0.1, -0.05) is 42.0 Å². The Morgan fingerprint density at radius 3 is 2.52 bits per heavy atom. The van der Waals surface area contributed by atoms with Crippen LogP contribution in [0.5, 0.6) is 0 Å². The molecule has 0 aliphatic heterocycles. The molecule has 2 heterocycles. The number of benzene rings is 2. The molecule has 168 valence electrons. The lowest BCUT2D eigenvalue weighted by molar-refractivity contribution is -0.115. The Bertz CT molecular complexity index is 1260. The zero-order chi connectivity index (χ0) is 23.4. The molecule has 0 spiro atoms. The zero-order valence-corrected chi connectivity index (χ0v) is 20.9. The highest BCUT2D eigenvalue weighted by molar-refractivity contribution is 8.00. The summed E-state index contributed by atoms with van der Waals surface area (Å²) in [6, 6.07) is 19.4. The number of carbonyl (C=O) groups is 2. The third-order valence-electron chi connectivity index (χ3n) is 4.87. The van der Waals surface area contributed by atoms with E-state index in [0.29, 0.717) is 15.7 Å². The molecule has 1 atom stereocenters. The van der Waals surface area contributed by atoms with Crippen LogP contribution in [0.4, 0.5) is 10.8 Å². The van der Waals surface area contributed by atoms with E-state index in [1.165, 1.54) is 40.0 Å². The number of amides is 2. The van der Waals surface area contributed by atoms with Gasteiger partial charge in [-0.15, -0.1) is 34.4 Å². The zero-order valence-electron chi connectivity index (χ0n) is 18.4. The summed E-state index contributed by atoms with van der Waals surface area (Å²) in [5.41, 5.74) is 3.83. The van der Waals surface area contributed by atoms with Crippen LogP contribution in [0.25, 0.3) is 11.3 Å². The quantitative estimate of drug-likeness (QED) is 0.276. The maximum absolute atomic E-state index is 12.8. The number of hydrogen-bond acceptors (Lipinski definition) is 6. The van der Waals surface area contributed by atoms with Crippen molar-refractivity contribution in [2.24, 2.45) is 0 Å². The minimum atomic E-state index is -0.333. The lowest BCUT2D eigenvalue weighted by Gasteiger charge is -2.12. The average Bonchev–Trinajstić information content (AvgIpc) is 3.45. The molecule has 2 N–H and O–H groups in total. The molecular formula is C25H23N3O2S3. The van der Waals surface area contributed by atoms with Crippen molar-refractivity contribution in [3.63, 3.8) is 0 Å².